The van der Waals surface area contributed by atoms with Crippen molar-refractivity contribution in [3.8, 4) is 11.5 Å². The van der Waals surface area contributed by atoms with Crippen LogP contribution in [0.2, 0.25) is 0 Å². The zero-order valence-corrected chi connectivity index (χ0v) is 13.9. The Morgan fingerprint density at radius 2 is 1.96 bits per heavy atom. The predicted molar refractivity (Wildman–Crippen MR) is 88.8 cm³/mol. The Morgan fingerprint density at radius 3 is 2.72 bits per heavy atom. The molecule has 1 aromatic carbocycles. The maximum Gasteiger partial charge on any atom is 0.322 e. The molecule has 0 bridgehead atoms. The lowest BCUT2D eigenvalue weighted by Gasteiger charge is -2.18. The van der Waals surface area contributed by atoms with Crippen LogP contribution < -0.4 is 20.1 Å². The number of aromatic nitrogens is 3. The number of nitrogens with zero attached hydrogens (tertiary/aromatic N) is 4. The van der Waals surface area contributed by atoms with Gasteiger partial charge in [0.2, 0.25) is 5.91 Å². The summed E-state index contributed by atoms with van der Waals surface area (Å²) >= 11 is 0. The van der Waals surface area contributed by atoms with Gasteiger partial charge in [-0.15, -0.1) is 5.10 Å². The molecule has 1 aliphatic rings. The molecule has 0 spiro atoms. The van der Waals surface area contributed by atoms with Gasteiger partial charge in [-0.2, -0.15) is 0 Å². The number of hydrogen-bond donors (Lipinski definition) is 2. The maximum absolute atomic E-state index is 12.1. The van der Waals surface area contributed by atoms with E-state index in [0.717, 1.165) is 0 Å². The highest BCUT2D eigenvalue weighted by atomic mass is 16.6. The summed E-state index contributed by atoms with van der Waals surface area (Å²) in [5.74, 6) is 1.23. The average molecular weight is 346 g/mol. The first kappa shape index (κ1) is 16.6. The molecule has 2 aromatic rings. The van der Waals surface area contributed by atoms with E-state index in [2.05, 4.69) is 20.9 Å². The summed E-state index contributed by atoms with van der Waals surface area (Å²) in [5.41, 5.74) is 0.593. The van der Waals surface area contributed by atoms with E-state index >= 15 is 0 Å². The molecule has 0 atom stereocenters. The molecule has 1 aliphatic heterocycles. The van der Waals surface area contributed by atoms with Gasteiger partial charge in [-0.1, -0.05) is 5.21 Å². The quantitative estimate of drug-likeness (QED) is 0.846. The molecule has 0 fully saturated rings. The van der Waals surface area contributed by atoms with Crippen molar-refractivity contribution in [1.82, 2.24) is 19.9 Å². The fourth-order valence-electron chi connectivity index (χ4n) is 2.12. The highest BCUT2D eigenvalue weighted by Gasteiger charge is 2.14. The van der Waals surface area contributed by atoms with Crippen molar-refractivity contribution in [1.29, 1.82) is 0 Å². The van der Waals surface area contributed by atoms with Crippen LogP contribution in [0.1, 0.15) is 0 Å². The van der Waals surface area contributed by atoms with E-state index in [1.165, 1.54) is 15.8 Å². The number of hydrogen-bond acceptors (Lipinski definition) is 6. The van der Waals surface area contributed by atoms with E-state index in [1.807, 2.05) is 0 Å². The minimum Gasteiger partial charge on any atom is -0.486 e. The van der Waals surface area contributed by atoms with E-state index in [0.29, 0.717) is 30.4 Å². The number of rotatable bonds is 4. The second-order valence-corrected chi connectivity index (χ2v) is 5.53. The lowest BCUT2D eigenvalue weighted by atomic mass is 10.2. The highest BCUT2D eigenvalue weighted by molar-refractivity contribution is 5.91. The zero-order chi connectivity index (χ0) is 17.8. The summed E-state index contributed by atoms with van der Waals surface area (Å²) < 4.78 is 12.2. The molecular formula is C15H18N6O4. The Labute approximate surface area is 143 Å². The summed E-state index contributed by atoms with van der Waals surface area (Å²) in [4.78, 5) is 25.0. The molecule has 3 amide bonds. The van der Waals surface area contributed by atoms with Gasteiger partial charge in [0.1, 0.15) is 19.8 Å². The molecule has 25 heavy (non-hydrogen) atoms. The Balaban J connectivity index is 1.58. The van der Waals surface area contributed by atoms with Gasteiger partial charge in [0, 0.05) is 25.8 Å². The summed E-state index contributed by atoms with van der Waals surface area (Å²) in [5, 5.41) is 12.9. The van der Waals surface area contributed by atoms with E-state index < -0.39 is 0 Å². The molecule has 0 aliphatic carbocycles. The van der Waals surface area contributed by atoms with E-state index in [1.54, 1.807) is 32.3 Å². The normalized spacial score (nSPS) is 12.4. The molecule has 0 saturated carbocycles. The first-order valence-corrected chi connectivity index (χ1v) is 7.59. The summed E-state index contributed by atoms with van der Waals surface area (Å²) in [6, 6.07) is 4.85. The molecule has 132 valence electrons. The van der Waals surface area contributed by atoms with Crippen LogP contribution in [0.15, 0.2) is 24.4 Å². The van der Waals surface area contributed by atoms with Crippen molar-refractivity contribution in [3.05, 3.63) is 24.4 Å². The summed E-state index contributed by atoms with van der Waals surface area (Å²) in [7, 11) is 3.22. The fraction of sp³-hybridized carbons (Fsp3) is 0.333. The number of benzene rings is 1. The Morgan fingerprint density at radius 1 is 1.20 bits per heavy atom. The number of urea groups is 1. The number of amides is 3. The second-order valence-electron chi connectivity index (χ2n) is 5.53. The maximum atomic E-state index is 12.1. The Hall–Kier alpha value is -3.30. The molecule has 3 rings (SSSR count). The Kier molecular flexibility index (Phi) is 4.68. The lowest BCUT2D eigenvalue weighted by Crippen LogP contribution is -2.27. The first-order chi connectivity index (χ1) is 12.0. The largest absolute Gasteiger partial charge is 0.486 e. The van der Waals surface area contributed by atoms with E-state index in [4.69, 9.17) is 9.47 Å². The van der Waals surface area contributed by atoms with E-state index in [-0.39, 0.29) is 24.3 Å². The number of nitrogens with one attached hydrogen (secondary N) is 2. The molecule has 2 heterocycles. The molecule has 2 N–H and O–H groups in total. The van der Waals surface area contributed by atoms with Gasteiger partial charge >= 0.3 is 6.03 Å². The van der Waals surface area contributed by atoms with Crippen molar-refractivity contribution in [2.45, 2.75) is 6.54 Å². The third-order valence-corrected chi connectivity index (χ3v) is 3.31. The number of anilines is 2. The van der Waals surface area contributed by atoms with Gasteiger partial charge in [0.05, 0.1) is 6.20 Å². The van der Waals surface area contributed by atoms with Crippen LogP contribution in [0.4, 0.5) is 16.3 Å². The fourth-order valence-corrected chi connectivity index (χ4v) is 2.12. The molecule has 10 nitrogen and oxygen atoms in total. The van der Waals surface area contributed by atoms with Gasteiger partial charge in [-0.05, 0) is 12.1 Å². The third-order valence-electron chi connectivity index (χ3n) is 3.31. The van der Waals surface area contributed by atoms with Crippen LogP contribution in [0.5, 0.6) is 11.5 Å². The number of ether oxygens (including phenoxy) is 2. The minimum atomic E-state index is -0.326. The van der Waals surface area contributed by atoms with Crippen LogP contribution in [0.3, 0.4) is 0 Å². The number of carbonyl (C=O) groups is 2. The van der Waals surface area contributed by atoms with Crippen LogP contribution >= 0.6 is 0 Å². The monoisotopic (exact) mass is 346 g/mol. The van der Waals surface area contributed by atoms with Crippen molar-refractivity contribution >= 4 is 23.4 Å². The predicted octanol–water partition coefficient (Wildman–Crippen LogP) is 0.781. The summed E-state index contributed by atoms with van der Waals surface area (Å²) in [6.45, 7) is 0.946. The second kappa shape index (κ2) is 7.07. The van der Waals surface area contributed by atoms with Gasteiger partial charge in [-0.3, -0.25) is 10.1 Å². The molecule has 1 aromatic heterocycles. The first-order valence-electron chi connectivity index (χ1n) is 7.59. The van der Waals surface area contributed by atoms with Gasteiger partial charge < -0.3 is 19.7 Å². The topological polar surface area (TPSA) is 111 Å². The third kappa shape index (κ3) is 4.16. The van der Waals surface area contributed by atoms with Crippen LogP contribution in [-0.2, 0) is 11.3 Å². The van der Waals surface area contributed by atoms with Crippen LogP contribution in [0.25, 0.3) is 0 Å². The van der Waals surface area contributed by atoms with Gasteiger partial charge in [0.15, 0.2) is 17.3 Å². The zero-order valence-electron chi connectivity index (χ0n) is 13.9. The number of carbonyl (C=O) groups excluding carboxylic acids is 2. The lowest BCUT2D eigenvalue weighted by molar-refractivity contribution is -0.116. The van der Waals surface area contributed by atoms with Crippen LogP contribution in [0, 0.1) is 0 Å². The van der Waals surface area contributed by atoms with Crippen LogP contribution in [-0.4, -0.2) is 59.1 Å². The van der Waals surface area contributed by atoms with E-state index in [9.17, 15) is 9.59 Å². The van der Waals surface area contributed by atoms with Gasteiger partial charge in [-0.25, -0.2) is 9.48 Å². The molecule has 10 heteroatoms. The van der Waals surface area contributed by atoms with Crippen molar-refractivity contribution in [2.24, 2.45) is 0 Å². The van der Waals surface area contributed by atoms with Crippen molar-refractivity contribution in [3.63, 3.8) is 0 Å². The average Bonchev–Trinajstić information content (AvgIpc) is 3.01. The molecule has 0 unspecified atom stereocenters. The number of fused-ring (bicyclic) bond motifs is 1. The summed E-state index contributed by atoms with van der Waals surface area (Å²) in [6.07, 6.45) is 1.48. The smallest absolute Gasteiger partial charge is 0.322 e. The SMILES string of the molecule is CN(C)C(=O)Nc1cn(CC(=O)Nc2ccc3c(c2)OCCO3)nn1. The van der Waals surface area contributed by atoms with Crippen molar-refractivity contribution < 1.29 is 19.1 Å². The molecular weight excluding hydrogens is 328 g/mol. The van der Waals surface area contributed by atoms with Gasteiger partial charge in [0.25, 0.3) is 0 Å². The standard InChI is InChI=1S/C15H18N6O4/c1-20(2)15(23)17-13-8-21(19-18-13)9-14(22)16-10-3-4-11-12(7-10)25-6-5-24-11/h3-4,7-8H,5-6,9H2,1-2H3,(H,16,22)(H,17,23). The van der Waals surface area contributed by atoms with Crippen molar-refractivity contribution in [2.75, 3.05) is 37.9 Å². The molecule has 0 radical (unpaired) electrons. The Bertz CT molecular complexity index is 788. The minimum absolute atomic E-state index is 0.0424. The molecule has 0 saturated heterocycles. The highest BCUT2D eigenvalue weighted by Crippen LogP contribution is 2.32.